The lowest BCUT2D eigenvalue weighted by atomic mass is 9.93. The van der Waals surface area contributed by atoms with Gasteiger partial charge in [0.15, 0.2) is 0 Å². The number of ether oxygens (including phenoxy) is 1. The lowest BCUT2D eigenvalue weighted by Gasteiger charge is -2.38. The molecule has 2 aliphatic heterocycles. The van der Waals surface area contributed by atoms with Gasteiger partial charge in [-0.1, -0.05) is 6.92 Å². The van der Waals surface area contributed by atoms with Crippen LogP contribution in [0.2, 0.25) is 0 Å². The zero-order chi connectivity index (χ0) is 17.1. The van der Waals surface area contributed by atoms with E-state index in [-0.39, 0.29) is 0 Å². The van der Waals surface area contributed by atoms with Crippen molar-refractivity contribution in [1.29, 1.82) is 0 Å². The van der Waals surface area contributed by atoms with Crippen LogP contribution in [-0.2, 0) is 4.74 Å². The number of likely N-dealkylation sites (tertiary alicyclic amines) is 1. The van der Waals surface area contributed by atoms with Crippen LogP contribution in [0.3, 0.4) is 0 Å². The molecule has 25 heavy (non-hydrogen) atoms. The summed E-state index contributed by atoms with van der Waals surface area (Å²) in [5.74, 6) is 0.640. The molecule has 5 heteroatoms. The summed E-state index contributed by atoms with van der Waals surface area (Å²) in [4.78, 5) is 2.58. The minimum atomic E-state index is 0.464. The first-order valence-electron chi connectivity index (χ1n) is 9.48. The summed E-state index contributed by atoms with van der Waals surface area (Å²) >= 11 is 0. The predicted molar refractivity (Wildman–Crippen MR) is 100 cm³/mol. The first kappa shape index (κ1) is 16.6. The van der Waals surface area contributed by atoms with Crippen LogP contribution in [0.25, 0.3) is 5.69 Å². The molecule has 3 unspecified atom stereocenters. The molecule has 2 aliphatic rings. The first-order valence-corrected chi connectivity index (χ1v) is 9.48. The van der Waals surface area contributed by atoms with Crippen molar-refractivity contribution in [1.82, 2.24) is 14.7 Å². The molecule has 0 bridgehead atoms. The van der Waals surface area contributed by atoms with Crippen LogP contribution in [0.5, 0.6) is 0 Å². The molecule has 0 radical (unpaired) electrons. The zero-order valence-electron chi connectivity index (χ0n) is 15.0. The standard InChI is InChI=1S/C20H28N4O/c1-16-14-23(15-19-4-2-13-25-19)12-9-20(16)22-17-5-7-18(8-6-17)24-11-3-10-21-24/h3,5-8,10-11,16,19-20,22H,2,4,9,12-15H2,1H3. The van der Waals surface area contributed by atoms with E-state index in [1.807, 2.05) is 16.9 Å². The maximum atomic E-state index is 5.79. The Bertz CT molecular complexity index is 649. The summed E-state index contributed by atoms with van der Waals surface area (Å²) in [7, 11) is 0. The summed E-state index contributed by atoms with van der Waals surface area (Å²) in [6, 6.07) is 11.0. The van der Waals surface area contributed by atoms with Crippen molar-refractivity contribution in [3.8, 4) is 5.69 Å². The molecule has 134 valence electrons. The highest BCUT2D eigenvalue weighted by Gasteiger charge is 2.28. The Balaban J connectivity index is 1.31. The first-order chi connectivity index (χ1) is 12.3. The minimum Gasteiger partial charge on any atom is -0.382 e. The molecule has 1 aromatic heterocycles. The molecular weight excluding hydrogens is 312 g/mol. The van der Waals surface area contributed by atoms with Crippen LogP contribution in [0.4, 0.5) is 5.69 Å². The number of piperidine rings is 1. The molecule has 0 amide bonds. The van der Waals surface area contributed by atoms with Gasteiger partial charge < -0.3 is 15.0 Å². The van der Waals surface area contributed by atoms with Crippen LogP contribution < -0.4 is 5.32 Å². The van der Waals surface area contributed by atoms with Crippen LogP contribution in [0, 0.1) is 5.92 Å². The van der Waals surface area contributed by atoms with Crippen molar-refractivity contribution in [2.45, 2.75) is 38.3 Å². The second-order valence-electron chi connectivity index (χ2n) is 7.41. The Hall–Kier alpha value is -1.85. The molecule has 2 aromatic rings. The van der Waals surface area contributed by atoms with Crippen molar-refractivity contribution in [2.75, 3.05) is 31.6 Å². The van der Waals surface area contributed by atoms with Crippen molar-refractivity contribution < 1.29 is 4.74 Å². The molecule has 2 fully saturated rings. The van der Waals surface area contributed by atoms with Gasteiger partial charge in [-0.25, -0.2) is 4.68 Å². The third kappa shape index (κ3) is 4.05. The Morgan fingerprint density at radius 3 is 2.80 bits per heavy atom. The summed E-state index contributed by atoms with van der Waals surface area (Å²) in [6.45, 7) is 6.73. The van der Waals surface area contributed by atoms with Crippen molar-refractivity contribution in [3.63, 3.8) is 0 Å². The molecule has 1 aromatic carbocycles. The number of nitrogens with one attached hydrogen (secondary N) is 1. The molecule has 5 nitrogen and oxygen atoms in total. The lowest BCUT2D eigenvalue weighted by molar-refractivity contribution is 0.0563. The van der Waals surface area contributed by atoms with Gasteiger partial charge >= 0.3 is 0 Å². The van der Waals surface area contributed by atoms with E-state index < -0.39 is 0 Å². The molecule has 3 heterocycles. The number of benzene rings is 1. The molecule has 3 atom stereocenters. The number of nitrogens with zero attached hydrogens (tertiary/aromatic N) is 3. The van der Waals surface area contributed by atoms with Crippen molar-refractivity contribution in [3.05, 3.63) is 42.7 Å². The summed E-state index contributed by atoms with van der Waals surface area (Å²) < 4.78 is 7.68. The molecule has 4 rings (SSSR count). The number of anilines is 1. The van der Waals surface area contributed by atoms with Crippen molar-refractivity contribution in [2.24, 2.45) is 5.92 Å². The fraction of sp³-hybridized carbons (Fsp3) is 0.550. The number of rotatable bonds is 5. The Morgan fingerprint density at radius 1 is 1.24 bits per heavy atom. The van der Waals surface area contributed by atoms with Gasteiger partial charge in [0.2, 0.25) is 0 Å². The van der Waals surface area contributed by atoms with E-state index in [4.69, 9.17) is 4.74 Å². The summed E-state index contributed by atoms with van der Waals surface area (Å²) in [5.41, 5.74) is 2.29. The quantitative estimate of drug-likeness (QED) is 0.908. The van der Waals surface area contributed by atoms with E-state index in [9.17, 15) is 0 Å². The number of hydrogen-bond donors (Lipinski definition) is 1. The monoisotopic (exact) mass is 340 g/mol. The van der Waals surface area contributed by atoms with E-state index in [1.54, 1.807) is 6.20 Å². The smallest absolute Gasteiger partial charge is 0.0702 e. The van der Waals surface area contributed by atoms with Gasteiger partial charge in [-0.2, -0.15) is 5.10 Å². The van der Waals surface area contributed by atoms with E-state index in [0.29, 0.717) is 18.1 Å². The highest BCUT2D eigenvalue weighted by molar-refractivity contribution is 5.49. The van der Waals surface area contributed by atoms with E-state index >= 15 is 0 Å². The minimum absolute atomic E-state index is 0.464. The Labute approximate surface area is 150 Å². The second-order valence-corrected chi connectivity index (χ2v) is 7.41. The average Bonchev–Trinajstić information content (AvgIpc) is 3.32. The predicted octanol–water partition coefficient (Wildman–Crippen LogP) is 3.17. The van der Waals surface area contributed by atoms with Gasteiger partial charge in [-0.05, 0) is 55.5 Å². The highest BCUT2D eigenvalue weighted by atomic mass is 16.5. The van der Waals surface area contributed by atoms with Gasteiger partial charge in [-0.3, -0.25) is 0 Å². The molecule has 2 saturated heterocycles. The normalized spacial score (nSPS) is 27.5. The summed E-state index contributed by atoms with van der Waals surface area (Å²) in [6.07, 6.45) is 7.88. The molecule has 0 spiro atoms. The third-order valence-corrected chi connectivity index (χ3v) is 5.46. The second kappa shape index (κ2) is 7.58. The van der Waals surface area contributed by atoms with E-state index in [1.165, 1.54) is 24.9 Å². The number of hydrogen-bond acceptors (Lipinski definition) is 4. The third-order valence-electron chi connectivity index (χ3n) is 5.46. The van der Waals surface area contributed by atoms with Gasteiger partial charge in [0, 0.05) is 50.4 Å². The fourth-order valence-electron chi connectivity index (χ4n) is 4.03. The average molecular weight is 340 g/mol. The van der Waals surface area contributed by atoms with Crippen LogP contribution in [-0.4, -0.2) is 53.1 Å². The SMILES string of the molecule is CC1CN(CC2CCCO2)CCC1Nc1ccc(-n2cccn2)cc1. The maximum absolute atomic E-state index is 5.79. The van der Waals surface area contributed by atoms with Gasteiger partial charge in [0.1, 0.15) is 0 Å². The fourth-order valence-corrected chi connectivity index (χ4v) is 4.03. The number of aromatic nitrogens is 2. The van der Waals surface area contributed by atoms with Gasteiger partial charge in [-0.15, -0.1) is 0 Å². The van der Waals surface area contributed by atoms with Gasteiger partial charge in [0.25, 0.3) is 0 Å². The lowest BCUT2D eigenvalue weighted by Crippen LogP contribution is -2.47. The van der Waals surface area contributed by atoms with E-state index in [0.717, 1.165) is 31.9 Å². The zero-order valence-corrected chi connectivity index (χ0v) is 15.0. The van der Waals surface area contributed by atoms with E-state index in [2.05, 4.69) is 46.5 Å². The highest BCUT2D eigenvalue weighted by Crippen LogP contribution is 2.23. The largest absolute Gasteiger partial charge is 0.382 e. The van der Waals surface area contributed by atoms with Crippen LogP contribution >= 0.6 is 0 Å². The molecule has 0 saturated carbocycles. The molecular formula is C20H28N4O. The maximum Gasteiger partial charge on any atom is 0.0702 e. The Kier molecular flexibility index (Phi) is 5.04. The van der Waals surface area contributed by atoms with Gasteiger partial charge in [0.05, 0.1) is 11.8 Å². The van der Waals surface area contributed by atoms with Crippen LogP contribution in [0.1, 0.15) is 26.2 Å². The molecule has 0 aliphatic carbocycles. The molecule has 1 N–H and O–H groups in total. The van der Waals surface area contributed by atoms with Crippen LogP contribution in [0.15, 0.2) is 42.7 Å². The summed E-state index contributed by atoms with van der Waals surface area (Å²) in [5, 5.41) is 8.00. The Morgan fingerprint density at radius 2 is 2.12 bits per heavy atom. The topological polar surface area (TPSA) is 42.3 Å². The van der Waals surface area contributed by atoms with Crippen molar-refractivity contribution >= 4 is 5.69 Å².